The fourth-order valence-electron chi connectivity index (χ4n) is 4.99. The van der Waals surface area contributed by atoms with Crippen LogP contribution in [0.3, 0.4) is 0 Å². The number of carbonyl (C=O) groups is 2. The second-order valence-electron chi connectivity index (χ2n) is 11.4. The number of sulfonamides is 1. The molecule has 0 radical (unpaired) electrons. The van der Waals surface area contributed by atoms with Crippen molar-refractivity contribution in [3.63, 3.8) is 0 Å². The number of nitrogens with zero attached hydrogens (tertiary/aromatic N) is 2. The summed E-state index contributed by atoms with van der Waals surface area (Å²) < 4.78 is 29.3. The molecular weight excluding hydrogens is 570 g/mol. The topological polar surface area (TPSA) is 86.8 Å². The Balaban J connectivity index is 1.79. The number of amides is 2. The van der Waals surface area contributed by atoms with Crippen LogP contribution in [0.2, 0.25) is 0 Å². The molecule has 4 aromatic rings. The van der Waals surface area contributed by atoms with Gasteiger partial charge >= 0.3 is 0 Å². The smallest absolute Gasteiger partial charge is 0.264 e. The molecule has 0 aliphatic heterocycles. The third kappa shape index (κ3) is 8.35. The van der Waals surface area contributed by atoms with Crippen LogP contribution in [0.1, 0.15) is 50.3 Å². The van der Waals surface area contributed by atoms with Crippen LogP contribution in [0.5, 0.6) is 0 Å². The van der Waals surface area contributed by atoms with Gasteiger partial charge in [0.25, 0.3) is 10.0 Å². The van der Waals surface area contributed by atoms with Gasteiger partial charge in [0, 0.05) is 19.0 Å². The summed E-state index contributed by atoms with van der Waals surface area (Å²) in [5.41, 5.74) is 3.14. The number of rotatable bonds is 13. The molecular formula is C36H41N3O4S. The Morgan fingerprint density at radius 2 is 1.23 bits per heavy atom. The number of anilines is 1. The quantitative estimate of drug-likeness (QED) is 0.196. The molecule has 0 aliphatic rings. The van der Waals surface area contributed by atoms with E-state index in [0.717, 1.165) is 21.0 Å². The molecule has 230 valence electrons. The Kier molecular flexibility index (Phi) is 11.0. The highest BCUT2D eigenvalue weighted by Crippen LogP contribution is 2.27. The summed E-state index contributed by atoms with van der Waals surface area (Å²) in [4.78, 5) is 29.8. The largest absolute Gasteiger partial charge is 0.352 e. The average molecular weight is 612 g/mol. The minimum Gasteiger partial charge on any atom is -0.352 e. The van der Waals surface area contributed by atoms with E-state index < -0.39 is 28.5 Å². The molecule has 0 spiro atoms. The van der Waals surface area contributed by atoms with Crippen molar-refractivity contribution in [2.75, 3.05) is 10.8 Å². The van der Waals surface area contributed by atoms with E-state index in [1.165, 1.54) is 17.0 Å². The molecule has 44 heavy (non-hydrogen) atoms. The van der Waals surface area contributed by atoms with Gasteiger partial charge in [0.05, 0.1) is 10.6 Å². The molecule has 0 fully saturated rings. The lowest BCUT2D eigenvalue weighted by molar-refractivity contribution is -0.140. The highest BCUT2D eigenvalue weighted by Gasteiger charge is 2.34. The van der Waals surface area contributed by atoms with Crippen LogP contribution in [0, 0.1) is 0 Å². The SMILES string of the molecule is CC(C)NC(=O)[C@H](Cc1ccccc1)N(Cc1ccccc1)C(=O)CN(c1ccc(C(C)C)cc1)S(=O)(=O)c1ccccc1. The molecule has 4 rings (SSSR count). The lowest BCUT2D eigenvalue weighted by Gasteiger charge is -2.34. The van der Waals surface area contributed by atoms with E-state index >= 15 is 0 Å². The molecule has 0 saturated heterocycles. The minimum atomic E-state index is -4.13. The van der Waals surface area contributed by atoms with Gasteiger partial charge in [-0.3, -0.25) is 13.9 Å². The van der Waals surface area contributed by atoms with Crippen LogP contribution < -0.4 is 9.62 Å². The maximum absolute atomic E-state index is 14.4. The third-order valence-corrected chi connectivity index (χ3v) is 9.14. The number of hydrogen-bond acceptors (Lipinski definition) is 4. The zero-order chi connectivity index (χ0) is 31.7. The Morgan fingerprint density at radius 3 is 1.75 bits per heavy atom. The van der Waals surface area contributed by atoms with E-state index in [1.807, 2.05) is 86.6 Å². The molecule has 0 heterocycles. The summed E-state index contributed by atoms with van der Waals surface area (Å²) in [6.07, 6.45) is 0.270. The first kappa shape index (κ1) is 32.5. The molecule has 2 amide bonds. The number of benzene rings is 4. The van der Waals surface area contributed by atoms with Crippen LogP contribution in [0.4, 0.5) is 5.69 Å². The van der Waals surface area contributed by atoms with Crippen molar-refractivity contribution in [3.05, 3.63) is 132 Å². The molecule has 0 saturated carbocycles. The van der Waals surface area contributed by atoms with Crippen molar-refractivity contribution < 1.29 is 18.0 Å². The first-order chi connectivity index (χ1) is 21.1. The number of carbonyl (C=O) groups excluding carboxylic acids is 2. The van der Waals surface area contributed by atoms with Gasteiger partial charge in [0.1, 0.15) is 12.6 Å². The van der Waals surface area contributed by atoms with Crippen molar-refractivity contribution >= 4 is 27.5 Å². The molecule has 7 nitrogen and oxygen atoms in total. The van der Waals surface area contributed by atoms with Crippen molar-refractivity contribution in [1.29, 1.82) is 0 Å². The van der Waals surface area contributed by atoms with Gasteiger partial charge in [-0.05, 0) is 60.7 Å². The Labute approximate surface area is 261 Å². The molecule has 8 heteroatoms. The van der Waals surface area contributed by atoms with Crippen molar-refractivity contribution in [3.8, 4) is 0 Å². The molecule has 0 unspecified atom stereocenters. The van der Waals surface area contributed by atoms with Gasteiger partial charge in [0.15, 0.2) is 0 Å². The van der Waals surface area contributed by atoms with Gasteiger partial charge in [-0.1, -0.05) is 105 Å². The fourth-order valence-corrected chi connectivity index (χ4v) is 6.42. The predicted molar refractivity (Wildman–Crippen MR) is 176 cm³/mol. The second kappa shape index (κ2) is 14.8. The van der Waals surface area contributed by atoms with E-state index in [0.29, 0.717) is 5.69 Å². The van der Waals surface area contributed by atoms with Crippen LogP contribution in [-0.2, 0) is 32.6 Å². The maximum Gasteiger partial charge on any atom is 0.264 e. The van der Waals surface area contributed by atoms with Gasteiger partial charge in [-0.2, -0.15) is 0 Å². The molecule has 0 aliphatic carbocycles. The van der Waals surface area contributed by atoms with Crippen LogP contribution in [0.25, 0.3) is 0 Å². The summed E-state index contributed by atoms with van der Waals surface area (Å²) in [5.74, 6) is -0.530. The lowest BCUT2D eigenvalue weighted by Crippen LogP contribution is -2.54. The van der Waals surface area contributed by atoms with Crippen molar-refractivity contribution in [2.24, 2.45) is 0 Å². The maximum atomic E-state index is 14.4. The van der Waals surface area contributed by atoms with E-state index in [1.54, 1.807) is 30.3 Å². The Morgan fingerprint density at radius 1 is 0.705 bits per heavy atom. The van der Waals surface area contributed by atoms with E-state index in [9.17, 15) is 18.0 Å². The lowest BCUT2D eigenvalue weighted by atomic mass is 10.0. The van der Waals surface area contributed by atoms with Crippen molar-refractivity contribution in [1.82, 2.24) is 10.2 Å². The summed E-state index contributed by atoms with van der Waals surface area (Å²) in [5, 5.41) is 2.98. The predicted octanol–water partition coefficient (Wildman–Crippen LogP) is 6.17. The summed E-state index contributed by atoms with van der Waals surface area (Å²) in [6, 6.07) is 33.3. The van der Waals surface area contributed by atoms with E-state index in [4.69, 9.17) is 0 Å². The average Bonchev–Trinajstić information content (AvgIpc) is 3.02. The Hall–Kier alpha value is -4.43. The van der Waals surface area contributed by atoms with Crippen LogP contribution >= 0.6 is 0 Å². The van der Waals surface area contributed by atoms with Gasteiger partial charge < -0.3 is 10.2 Å². The highest BCUT2D eigenvalue weighted by molar-refractivity contribution is 7.92. The molecule has 0 bridgehead atoms. The summed E-state index contributed by atoms with van der Waals surface area (Å²) in [7, 11) is -4.13. The summed E-state index contributed by atoms with van der Waals surface area (Å²) >= 11 is 0. The van der Waals surface area contributed by atoms with Crippen LogP contribution in [0.15, 0.2) is 120 Å². The van der Waals surface area contributed by atoms with Gasteiger partial charge in [0.2, 0.25) is 11.8 Å². The standard InChI is InChI=1S/C36H41N3O4S/c1-27(2)31-20-22-32(23-21-31)39(44(42,43)33-18-12-7-13-19-33)26-35(40)38(25-30-16-10-6-11-17-30)34(36(41)37-28(3)4)24-29-14-8-5-9-15-29/h5-23,27-28,34H,24-26H2,1-4H3,(H,37,41)/t34-/m0/s1. The van der Waals surface area contributed by atoms with Crippen LogP contribution in [-0.4, -0.2) is 43.8 Å². The Bertz CT molecular complexity index is 1610. The minimum absolute atomic E-state index is 0.0775. The fraction of sp³-hybridized carbons (Fsp3) is 0.278. The zero-order valence-corrected chi connectivity index (χ0v) is 26.6. The first-order valence-electron chi connectivity index (χ1n) is 14.9. The van der Waals surface area contributed by atoms with Gasteiger partial charge in [-0.15, -0.1) is 0 Å². The number of hydrogen-bond donors (Lipinski definition) is 1. The van der Waals surface area contributed by atoms with Crippen molar-refractivity contribution in [2.45, 2.75) is 63.6 Å². The first-order valence-corrected chi connectivity index (χ1v) is 16.4. The van der Waals surface area contributed by atoms with E-state index in [2.05, 4.69) is 19.2 Å². The second-order valence-corrected chi connectivity index (χ2v) is 13.3. The zero-order valence-electron chi connectivity index (χ0n) is 25.8. The number of nitrogens with one attached hydrogen (secondary N) is 1. The van der Waals surface area contributed by atoms with Gasteiger partial charge in [-0.25, -0.2) is 8.42 Å². The molecule has 0 aromatic heterocycles. The summed E-state index contributed by atoms with van der Waals surface area (Å²) in [6.45, 7) is 7.52. The highest BCUT2D eigenvalue weighted by atomic mass is 32.2. The normalized spacial score (nSPS) is 12.1. The molecule has 4 aromatic carbocycles. The van der Waals surface area contributed by atoms with E-state index in [-0.39, 0.29) is 35.7 Å². The molecule has 1 N–H and O–H groups in total. The third-order valence-electron chi connectivity index (χ3n) is 7.36. The molecule has 1 atom stereocenters. The monoisotopic (exact) mass is 611 g/mol.